The van der Waals surface area contributed by atoms with Crippen LogP contribution in [0.15, 0.2) is 30.3 Å². The number of benzene rings is 1. The van der Waals surface area contributed by atoms with Gasteiger partial charge in [0, 0.05) is 32.2 Å². The largest absolute Gasteiger partial charge is 0.450 e. The van der Waals surface area contributed by atoms with Crippen molar-refractivity contribution in [2.75, 3.05) is 43.0 Å². The number of carbonyl (C=O) groups is 1. The van der Waals surface area contributed by atoms with Crippen LogP contribution in [0.2, 0.25) is 0 Å². The number of piperazine rings is 1. The van der Waals surface area contributed by atoms with Gasteiger partial charge in [-0.1, -0.05) is 12.1 Å². The molecule has 1 N–H and O–H groups in total. The second-order valence-corrected chi connectivity index (χ2v) is 5.94. The summed E-state index contributed by atoms with van der Waals surface area (Å²) in [5.74, 6) is 1.53. The highest BCUT2D eigenvalue weighted by Crippen LogP contribution is 2.22. The Bertz CT molecular complexity index is 778. The summed E-state index contributed by atoms with van der Waals surface area (Å²) in [6.07, 6.45) is -0.284. The smallest absolute Gasteiger partial charge is 0.409 e. The van der Waals surface area contributed by atoms with Gasteiger partial charge in [-0.2, -0.15) is 0 Å². The molecule has 2 heterocycles. The first-order chi connectivity index (χ1) is 12.6. The van der Waals surface area contributed by atoms with Crippen molar-refractivity contribution in [3.05, 3.63) is 42.0 Å². The van der Waals surface area contributed by atoms with E-state index in [0.717, 1.165) is 5.82 Å². The van der Waals surface area contributed by atoms with Gasteiger partial charge in [0.25, 0.3) is 0 Å². The summed E-state index contributed by atoms with van der Waals surface area (Å²) in [6, 6.07) is 8.24. The number of carbonyl (C=O) groups excluding carboxylic acids is 1. The van der Waals surface area contributed by atoms with Crippen LogP contribution in [0.4, 0.5) is 26.5 Å². The third kappa shape index (κ3) is 4.19. The maximum atomic E-state index is 13.8. The minimum atomic E-state index is -0.339. The molecule has 1 aromatic heterocycles. The van der Waals surface area contributed by atoms with E-state index >= 15 is 0 Å². The number of aromatic nitrogens is 2. The van der Waals surface area contributed by atoms with Crippen molar-refractivity contribution in [2.24, 2.45) is 0 Å². The van der Waals surface area contributed by atoms with Crippen LogP contribution in [0, 0.1) is 12.7 Å². The predicted molar refractivity (Wildman–Crippen MR) is 97.3 cm³/mol. The van der Waals surface area contributed by atoms with E-state index in [0.29, 0.717) is 50.1 Å². The van der Waals surface area contributed by atoms with Crippen LogP contribution in [0.5, 0.6) is 0 Å². The molecule has 138 valence electrons. The number of para-hydroxylation sites is 1. The van der Waals surface area contributed by atoms with Crippen molar-refractivity contribution in [1.82, 2.24) is 14.9 Å². The van der Waals surface area contributed by atoms with Gasteiger partial charge in [-0.3, -0.25) is 0 Å². The minimum Gasteiger partial charge on any atom is -0.450 e. The summed E-state index contributed by atoms with van der Waals surface area (Å²) < 4.78 is 18.9. The summed E-state index contributed by atoms with van der Waals surface area (Å²) in [4.78, 5) is 24.4. The number of amides is 1. The van der Waals surface area contributed by atoms with E-state index in [2.05, 4.69) is 20.2 Å². The van der Waals surface area contributed by atoms with E-state index in [-0.39, 0.29) is 11.9 Å². The Morgan fingerprint density at radius 2 is 1.96 bits per heavy atom. The van der Waals surface area contributed by atoms with Crippen LogP contribution < -0.4 is 10.2 Å². The molecule has 7 nitrogen and oxygen atoms in total. The molecule has 1 aromatic carbocycles. The fourth-order valence-electron chi connectivity index (χ4n) is 2.81. The molecule has 0 spiro atoms. The first-order valence-corrected chi connectivity index (χ1v) is 8.60. The molecule has 0 saturated carbocycles. The van der Waals surface area contributed by atoms with E-state index < -0.39 is 0 Å². The fourth-order valence-corrected chi connectivity index (χ4v) is 2.81. The van der Waals surface area contributed by atoms with Gasteiger partial charge in [-0.25, -0.2) is 19.2 Å². The summed E-state index contributed by atoms with van der Waals surface area (Å²) in [6.45, 7) is 6.39. The van der Waals surface area contributed by atoms with Crippen LogP contribution in [-0.4, -0.2) is 53.7 Å². The molecule has 1 aliphatic heterocycles. The van der Waals surface area contributed by atoms with Crippen LogP contribution in [-0.2, 0) is 4.74 Å². The molecule has 1 aliphatic rings. The van der Waals surface area contributed by atoms with Crippen molar-refractivity contribution < 1.29 is 13.9 Å². The Labute approximate surface area is 151 Å². The van der Waals surface area contributed by atoms with Crippen LogP contribution >= 0.6 is 0 Å². The molecule has 0 aliphatic carbocycles. The Hall–Kier alpha value is -2.90. The van der Waals surface area contributed by atoms with E-state index in [4.69, 9.17) is 4.74 Å². The molecule has 1 saturated heterocycles. The van der Waals surface area contributed by atoms with E-state index in [1.165, 1.54) is 6.07 Å². The van der Waals surface area contributed by atoms with E-state index in [9.17, 15) is 9.18 Å². The molecular weight excluding hydrogens is 337 g/mol. The first-order valence-electron chi connectivity index (χ1n) is 8.60. The molecular formula is C18H22FN5O2. The molecule has 1 amide bonds. The third-order valence-electron chi connectivity index (χ3n) is 4.09. The third-order valence-corrected chi connectivity index (χ3v) is 4.09. The molecule has 0 radical (unpaired) electrons. The standard InChI is InChI=1S/C18H22FN5O2/c1-3-26-18(25)24-10-8-23(9-11-24)17-12-16(20-13(2)21-17)22-15-7-5-4-6-14(15)19/h4-7,12H,3,8-11H2,1-2H3,(H,20,21,22). The second-order valence-electron chi connectivity index (χ2n) is 5.94. The first kappa shape index (κ1) is 17.9. The van der Waals surface area contributed by atoms with Crippen molar-refractivity contribution in [1.29, 1.82) is 0 Å². The van der Waals surface area contributed by atoms with Gasteiger partial charge in [0.2, 0.25) is 0 Å². The second kappa shape index (κ2) is 7.99. The zero-order valence-electron chi connectivity index (χ0n) is 14.9. The molecule has 26 heavy (non-hydrogen) atoms. The van der Waals surface area contributed by atoms with Gasteiger partial charge in [-0.05, 0) is 26.0 Å². The predicted octanol–water partition coefficient (Wildman–Crippen LogP) is 2.95. The lowest BCUT2D eigenvalue weighted by Gasteiger charge is -2.34. The highest BCUT2D eigenvalue weighted by atomic mass is 19.1. The van der Waals surface area contributed by atoms with Crippen LogP contribution in [0.3, 0.4) is 0 Å². The number of hydrogen-bond donors (Lipinski definition) is 1. The number of aryl methyl sites for hydroxylation is 1. The lowest BCUT2D eigenvalue weighted by Crippen LogP contribution is -2.49. The zero-order valence-corrected chi connectivity index (χ0v) is 14.9. The Kier molecular flexibility index (Phi) is 5.50. The van der Waals surface area contributed by atoms with Crippen LogP contribution in [0.1, 0.15) is 12.7 Å². The number of ether oxygens (including phenoxy) is 1. The number of anilines is 3. The van der Waals surface area contributed by atoms with Gasteiger partial charge in [0.05, 0.1) is 12.3 Å². The lowest BCUT2D eigenvalue weighted by atomic mass is 10.3. The molecule has 1 fully saturated rings. The molecule has 0 bridgehead atoms. The summed E-state index contributed by atoms with van der Waals surface area (Å²) in [7, 11) is 0. The van der Waals surface area contributed by atoms with Gasteiger partial charge in [-0.15, -0.1) is 0 Å². The number of nitrogens with zero attached hydrogens (tertiary/aromatic N) is 4. The average Bonchev–Trinajstić information content (AvgIpc) is 2.63. The number of halogens is 1. The Morgan fingerprint density at radius 3 is 2.65 bits per heavy atom. The van der Waals surface area contributed by atoms with Gasteiger partial charge in [0.15, 0.2) is 0 Å². The number of nitrogens with one attached hydrogen (secondary N) is 1. The van der Waals surface area contributed by atoms with Crippen molar-refractivity contribution in [2.45, 2.75) is 13.8 Å². The van der Waals surface area contributed by atoms with Crippen LogP contribution in [0.25, 0.3) is 0 Å². The highest BCUT2D eigenvalue weighted by molar-refractivity contribution is 5.68. The Morgan fingerprint density at radius 1 is 1.23 bits per heavy atom. The lowest BCUT2D eigenvalue weighted by molar-refractivity contribution is 0.105. The fraction of sp³-hybridized carbons (Fsp3) is 0.389. The molecule has 8 heteroatoms. The molecule has 3 rings (SSSR count). The van der Waals surface area contributed by atoms with Crippen molar-refractivity contribution >= 4 is 23.4 Å². The summed E-state index contributed by atoms with van der Waals surface area (Å²) >= 11 is 0. The zero-order chi connectivity index (χ0) is 18.5. The normalized spacial score (nSPS) is 14.3. The molecule has 0 unspecified atom stereocenters. The topological polar surface area (TPSA) is 70.6 Å². The molecule has 2 aromatic rings. The summed E-state index contributed by atoms with van der Waals surface area (Å²) in [5.41, 5.74) is 0.365. The van der Waals surface area contributed by atoms with Gasteiger partial charge < -0.3 is 19.9 Å². The van der Waals surface area contributed by atoms with E-state index in [1.807, 2.05) is 0 Å². The van der Waals surface area contributed by atoms with Crippen molar-refractivity contribution in [3.8, 4) is 0 Å². The highest BCUT2D eigenvalue weighted by Gasteiger charge is 2.23. The maximum Gasteiger partial charge on any atom is 0.409 e. The molecule has 0 atom stereocenters. The van der Waals surface area contributed by atoms with Gasteiger partial charge >= 0.3 is 6.09 Å². The quantitative estimate of drug-likeness (QED) is 0.905. The monoisotopic (exact) mass is 359 g/mol. The van der Waals surface area contributed by atoms with Crippen molar-refractivity contribution in [3.63, 3.8) is 0 Å². The van der Waals surface area contributed by atoms with Gasteiger partial charge in [0.1, 0.15) is 23.3 Å². The summed E-state index contributed by atoms with van der Waals surface area (Å²) in [5, 5.41) is 3.00. The SMILES string of the molecule is CCOC(=O)N1CCN(c2cc(Nc3ccccc3F)nc(C)n2)CC1. The number of hydrogen-bond acceptors (Lipinski definition) is 6. The average molecular weight is 359 g/mol. The Balaban J connectivity index is 1.71. The van der Waals surface area contributed by atoms with E-state index in [1.54, 1.807) is 43.0 Å². The minimum absolute atomic E-state index is 0.284. The maximum absolute atomic E-state index is 13.8. The number of rotatable bonds is 4.